The van der Waals surface area contributed by atoms with Crippen LogP contribution in [-0.2, 0) is 14.2 Å². The van der Waals surface area contributed by atoms with Crippen LogP contribution in [0, 0.1) is 29.6 Å². The van der Waals surface area contributed by atoms with Crippen LogP contribution in [0.3, 0.4) is 0 Å². The van der Waals surface area contributed by atoms with Gasteiger partial charge in [0.25, 0.3) is 0 Å². The van der Waals surface area contributed by atoms with Gasteiger partial charge in [-0.3, -0.25) is 0 Å². The molecule has 7 nitrogen and oxygen atoms in total. The first-order chi connectivity index (χ1) is 16.9. The zero-order valence-electron chi connectivity index (χ0n) is 22.1. The highest BCUT2D eigenvalue weighted by Gasteiger charge is 2.51. The Labute approximate surface area is 209 Å². The predicted molar refractivity (Wildman–Crippen MR) is 132 cm³/mol. The molecule has 1 aromatic carbocycles. The molecule has 8 atom stereocenters. The van der Waals surface area contributed by atoms with E-state index in [1.54, 1.807) is 12.1 Å². The molecule has 0 spiro atoms. The predicted octanol–water partition coefficient (Wildman–Crippen LogP) is 5.49. The molecule has 1 aromatic rings. The summed E-state index contributed by atoms with van der Waals surface area (Å²) in [5, 5.41) is 0. The normalized spacial score (nSPS) is 34.3. The minimum absolute atomic E-state index is 0.103. The van der Waals surface area contributed by atoms with Gasteiger partial charge >= 0.3 is 5.97 Å². The Bertz CT molecular complexity index is 846. The summed E-state index contributed by atoms with van der Waals surface area (Å²) in [5.74, 6) is 3.97. The van der Waals surface area contributed by atoms with Crippen LogP contribution in [0.25, 0.3) is 0 Å². The van der Waals surface area contributed by atoms with E-state index in [0.717, 1.165) is 25.2 Å². The fraction of sp³-hybridized carbons (Fsp3) is 0.750. The van der Waals surface area contributed by atoms with Gasteiger partial charge in [-0.2, -0.15) is 0 Å². The van der Waals surface area contributed by atoms with E-state index >= 15 is 0 Å². The van der Waals surface area contributed by atoms with Gasteiger partial charge in [-0.1, -0.05) is 20.3 Å². The van der Waals surface area contributed by atoms with Crippen LogP contribution >= 0.6 is 0 Å². The van der Waals surface area contributed by atoms with Gasteiger partial charge in [0.2, 0.25) is 5.75 Å². The van der Waals surface area contributed by atoms with Crippen molar-refractivity contribution in [2.75, 3.05) is 27.9 Å². The van der Waals surface area contributed by atoms with Crippen LogP contribution in [0.2, 0.25) is 0 Å². The molecule has 0 N–H and O–H groups in total. The number of ether oxygens (including phenoxy) is 6. The smallest absolute Gasteiger partial charge is 0.338 e. The number of methoxy groups -OCH3 is 3. The highest BCUT2D eigenvalue weighted by molar-refractivity contribution is 5.91. The fourth-order valence-electron chi connectivity index (χ4n) is 6.62. The molecule has 0 bridgehead atoms. The molecular formula is C28H42O7. The Hall–Kier alpha value is -1.99. The average Bonchev–Trinajstić information content (AvgIpc) is 3.03. The monoisotopic (exact) mass is 490 g/mol. The number of carbonyl (C=O) groups is 1. The van der Waals surface area contributed by atoms with Gasteiger partial charge in [0, 0.05) is 5.92 Å². The average molecular weight is 491 g/mol. The van der Waals surface area contributed by atoms with Gasteiger partial charge in [0.15, 0.2) is 17.8 Å². The molecule has 196 valence electrons. The van der Waals surface area contributed by atoms with Gasteiger partial charge in [0.05, 0.1) is 45.7 Å². The summed E-state index contributed by atoms with van der Waals surface area (Å²) < 4.78 is 34.6. The van der Waals surface area contributed by atoms with Gasteiger partial charge in [-0.25, -0.2) is 4.79 Å². The maximum absolute atomic E-state index is 12.7. The van der Waals surface area contributed by atoms with E-state index in [0.29, 0.717) is 53.1 Å². The van der Waals surface area contributed by atoms with E-state index in [4.69, 9.17) is 28.4 Å². The molecule has 4 rings (SSSR count). The minimum atomic E-state index is -0.410. The van der Waals surface area contributed by atoms with E-state index in [1.807, 2.05) is 0 Å². The second-order valence-electron chi connectivity index (χ2n) is 10.6. The van der Waals surface area contributed by atoms with Crippen LogP contribution in [0.15, 0.2) is 12.1 Å². The lowest BCUT2D eigenvalue weighted by atomic mass is 9.60. The molecule has 7 heteroatoms. The number of carbonyl (C=O) groups excluding carboxylic acids is 1. The molecule has 3 aliphatic rings. The molecule has 3 unspecified atom stereocenters. The molecule has 2 heterocycles. The zero-order chi connectivity index (χ0) is 25.1. The molecule has 0 radical (unpaired) electrons. The molecular weight excluding hydrogens is 448 g/mol. The number of benzene rings is 1. The molecule has 1 aliphatic carbocycles. The molecule has 1 saturated carbocycles. The Morgan fingerprint density at radius 3 is 2.26 bits per heavy atom. The van der Waals surface area contributed by atoms with Gasteiger partial charge in [-0.15, -0.1) is 0 Å². The SMILES string of the molecule is COc1cc(C(=O)OCCC[C@H]2OC3OC(C)CC[C@@H]4C3[C@@H](CC[C@H]4C)[C@H]2C)cc(OC)c1OC. The van der Waals surface area contributed by atoms with Crippen molar-refractivity contribution in [1.82, 2.24) is 0 Å². The Kier molecular flexibility index (Phi) is 8.48. The van der Waals surface area contributed by atoms with E-state index in [1.165, 1.54) is 40.6 Å². The lowest BCUT2D eigenvalue weighted by Crippen LogP contribution is -2.53. The van der Waals surface area contributed by atoms with Crippen LogP contribution in [0.4, 0.5) is 0 Å². The fourth-order valence-corrected chi connectivity index (χ4v) is 6.62. The number of esters is 1. The van der Waals surface area contributed by atoms with Crippen molar-refractivity contribution in [2.45, 2.75) is 77.8 Å². The minimum Gasteiger partial charge on any atom is -0.493 e. The number of hydrogen-bond donors (Lipinski definition) is 0. The Balaban J connectivity index is 1.35. The summed E-state index contributed by atoms with van der Waals surface area (Å²) >= 11 is 0. The Morgan fingerprint density at radius 1 is 0.914 bits per heavy atom. The molecule has 35 heavy (non-hydrogen) atoms. The highest BCUT2D eigenvalue weighted by atomic mass is 16.7. The van der Waals surface area contributed by atoms with Crippen molar-refractivity contribution >= 4 is 5.97 Å². The van der Waals surface area contributed by atoms with Gasteiger partial charge in [-0.05, 0) is 74.8 Å². The first-order valence-electron chi connectivity index (χ1n) is 13.2. The molecule has 0 aromatic heterocycles. The summed E-state index contributed by atoms with van der Waals surface area (Å²) in [5.41, 5.74) is 0.368. The van der Waals surface area contributed by atoms with E-state index in [9.17, 15) is 4.79 Å². The maximum atomic E-state index is 12.7. The van der Waals surface area contributed by atoms with Crippen molar-refractivity contribution < 1.29 is 33.2 Å². The molecule has 2 saturated heterocycles. The summed E-state index contributed by atoms with van der Waals surface area (Å²) in [6.45, 7) is 7.26. The van der Waals surface area contributed by atoms with Crippen molar-refractivity contribution in [3.63, 3.8) is 0 Å². The van der Waals surface area contributed by atoms with E-state index < -0.39 is 5.97 Å². The number of hydrogen-bond acceptors (Lipinski definition) is 7. The lowest BCUT2D eigenvalue weighted by Gasteiger charge is -2.52. The standard InChI is InChI=1S/C28H42O7/c1-16-9-11-21-18(3)22(35-28-25(21)20(16)12-10-17(2)34-28)8-7-13-33-27(29)19-14-23(30-4)26(32-6)24(15-19)31-5/h14-18,20-22,25,28H,7-13H2,1-6H3/t16-,17?,18-,20+,21+,22-,25?,28?/m1/s1. The van der Waals surface area contributed by atoms with E-state index in [-0.39, 0.29) is 18.5 Å². The molecule has 0 amide bonds. The zero-order valence-corrected chi connectivity index (χ0v) is 22.1. The third kappa shape index (κ3) is 5.41. The summed E-state index contributed by atoms with van der Waals surface area (Å²) in [6.07, 6.45) is 6.78. The second kappa shape index (κ2) is 11.4. The molecule has 2 aliphatic heterocycles. The summed E-state index contributed by atoms with van der Waals surface area (Å²) in [4.78, 5) is 12.7. The van der Waals surface area contributed by atoms with Crippen LogP contribution in [0.1, 0.15) is 69.7 Å². The molecule has 3 fully saturated rings. The summed E-state index contributed by atoms with van der Waals surface area (Å²) in [6, 6.07) is 3.22. The summed E-state index contributed by atoms with van der Waals surface area (Å²) in [7, 11) is 4.58. The topological polar surface area (TPSA) is 72.5 Å². The third-order valence-corrected chi connectivity index (χ3v) is 8.60. The van der Waals surface area contributed by atoms with Crippen LogP contribution in [-0.4, -0.2) is 52.4 Å². The quantitative estimate of drug-likeness (QED) is 0.352. The van der Waals surface area contributed by atoms with Crippen molar-refractivity contribution in [3.8, 4) is 17.2 Å². The largest absolute Gasteiger partial charge is 0.493 e. The Morgan fingerprint density at radius 2 is 1.60 bits per heavy atom. The second-order valence-corrected chi connectivity index (χ2v) is 10.6. The van der Waals surface area contributed by atoms with Crippen molar-refractivity contribution in [3.05, 3.63) is 17.7 Å². The highest BCUT2D eigenvalue weighted by Crippen LogP contribution is 2.52. The lowest BCUT2D eigenvalue weighted by molar-refractivity contribution is -0.278. The van der Waals surface area contributed by atoms with E-state index in [2.05, 4.69) is 20.8 Å². The van der Waals surface area contributed by atoms with Crippen LogP contribution < -0.4 is 14.2 Å². The van der Waals surface area contributed by atoms with Crippen LogP contribution in [0.5, 0.6) is 17.2 Å². The maximum Gasteiger partial charge on any atom is 0.338 e. The number of rotatable bonds is 8. The first kappa shape index (κ1) is 26.1. The van der Waals surface area contributed by atoms with Crippen molar-refractivity contribution in [1.29, 1.82) is 0 Å². The van der Waals surface area contributed by atoms with Gasteiger partial charge < -0.3 is 28.4 Å². The van der Waals surface area contributed by atoms with Gasteiger partial charge in [0.1, 0.15) is 0 Å². The first-order valence-corrected chi connectivity index (χ1v) is 13.2. The third-order valence-electron chi connectivity index (χ3n) is 8.60. The van der Waals surface area contributed by atoms with Crippen molar-refractivity contribution in [2.24, 2.45) is 29.6 Å².